The van der Waals surface area contributed by atoms with Crippen LogP contribution in [0.2, 0.25) is 15.1 Å². The first kappa shape index (κ1) is 22.6. The number of rotatable bonds is 6. The molecule has 0 radical (unpaired) electrons. The fourth-order valence-corrected chi connectivity index (χ4v) is 3.24. The lowest BCUT2D eigenvalue weighted by Gasteiger charge is -2.10. The second kappa shape index (κ2) is 10.3. The Bertz CT molecular complexity index is 1170. The average Bonchev–Trinajstić information content (AvgIpc) is 2.74. The van der Waals surface area contributed by atoms with Gasteiger partial charge in [0.15, 0.2) is 11.5 Å². The van der Waals surface area contributed by atoms with E-state index in [2.05, 4.69) is 10.5 Å². The summed E-state index contributed by atoms with van der Waals surface area (Å²) in [6.07, 6.45) is 1.42. The van der Waals surface area contributed by atoms with E-state index in [-0.39, 0.29) is 16.3 Å². The predicted molar refractivity (Wildman–Crippen MR) is 121 cm³/mol. The van der Waals surface area contributed by atoms with Crippen molar-refractivity contribution in [3.05, 3.63) is 92.4 Å². The van der Waals surface area contributed by atoms with Crippen molar-refractivity contribution in [1.29, 1.82) is 0 Å². The highest BCUT2D eigenvalue weighted by atomic mass is 35.5. The zero-order chi connectivity index (χ0) is 22.4. The molecule has 0 spiro atoms. The number of carbonyl (C=O) groups is 2. The van der Waals surface area contributed by atoms with E-state index in [1.54, 1.807) is 36.4 Å². The van der Waals surface area contributed by atoms with Gasteiger partial charge in [-0.3, -0.25) is 4.79 Å². The molecule has 3 rings (SSSR count). The van der Waals surface area contributed by atoms with Crippen molar-refractivity contribution in [3.63, 3.8) is 0 Å². The Morgan fingerprint density at radius 2 is 1.68 bits per heavy atom. The van der Waals surface area contributed by atoms with Crippen LogP contribution in [0.5, 0.6) is 11.5 Å². The van der Waals surface area contributed by atoms with Crippen LogP contribution in [0.1, 0.15) is 26.3 Å². The minimum atomic E-state index is -0.659. The number of hydrogen-bond donors (Lipinski definition) is 1. The van der Waals surface area contributed by atoms with Gasteiger partial charge in [0.1, 0.15) is 0 Å². The summed E-state index contributed by atoms with van der Waals surface area (Å²) in [5, 5.41) is 4.82. The molecule has 0 heterocycles. The molecule has 1 amide bonds. The van der Waals surface area contributed by atoms with Gasteiger partial charge in [-0.1, -0.05) is 46.9 Å². The van der Waals surface area contributed by atoms with Crippen molar-refractivity contribution >= 4 is 52.9 Å². The highest BCUT2D eigenvalue weighted by molar-refractivity contribution is 6.36. The topological polar surface area (TPSA) is 77.0 Å². The number of hydrogen-bond acceptors (Lipinski definition) is 5. The number of halogens is 3. The molecule has 31 heavy (non-hydrogen) atoms. The molecular formula is C22H15Cl3N2O4. The Kier molecular flexibility index (Phi) is 7.52. The van der Waals surface area contributed by atoms with Crippen molar-refractivity contribution in [2.24, 2.45) is 5.10 Å². The molecule has 0 saturated heterocycles. The third-order valence-corrected chi connectivity index (χ3v) is 4.92. The summed E-state index contributed by atoms with van der Waals surface area (Å²) in [6, 6.07) is 15.9. The molecule has 0 aliphatic carbocycles. The molecule has 0 saturated carbocycles. The molecule has 1 N–H and O–H groups in total. The van der Waals surface area contributed by atoms with Crippen LogP contribution in [0.25, 0.3) is 0 Å². The maximum atomic E-state index is 12.4. The van der Waals surface area contributed by atoms with Gasteiger partial charge in [-0.15, -0.1) is 0 Å². The fourth-order valence-electron chi connectivity index (χ4n) is 2.53. The fraction of sp³-hybridized carbons (Fsp3) is 0.0455. The number of ether oxygens (including phenoxy) is 2. The molecule has 0 bridgehead atoms. The molecule has 0 aliphatic rings. The van der Waals surface area contributed by atoms with Gasteiger partial charge in [0.2, 0.25) is 0 Å². The van der Waals surface area contributed by atoms with E-state index in [4.69, 9.17) is 44.3 Å². The van der Waals surface area contributed by atoms with Gasteiger partial charge in [0, 0.05) is 5.02 Å². The van der Waals surface area contributed by atoms with E-state index < -0.39 is 11.9 Å². The summed E-state index contributed by atoms with van der Waals surface area (Å²) in [5.74, 6) is -0.622. The number of amides is 1. The van der Waals surface area contributed by atoms with E-state index in [1.807, 2.05) is 0 Å². The van der Waals surface area contributed by atoms with Gasteiger partial charge in [0.25, 0.3) is 5.91 Å². The zero-order valence-corrected chi connectivity index (χ0v) is 18.3. The quantitative estimate of drug-likeness (QED) is 0.216. The van der Waals surface area contributed by atoms with E-state index in [0.717, 1.165) is 0 Å². The summed E-state index contributed by atoms with van der Waals surface area (Å²) in [7, 11) is 1.43. The van der Waals surface area contributed by atoms with Crippen LogP contribution in [0.15, 0.2) is 65.8 Å². The van der Waals surface area contributed by atoms with Crippen molar-refractivity contribution in [2.75, 3.05) is 7.11 Å². The highest BCUT2D eigenvalue weighted by Crippen LogP contribution is 2.30. The van der Waals surface area contributed by atoms with Gasteiger partial charge >= 0.3 is 5.97 Å². The van der Waals surface area contributed by atoms with E-state index >= 15 is 0 Å². The van der Waals surface area contributed by atoms with E-state index in [0.29, 0.717) is 26.9 Å². The maximum Gasteiger partial charge on any atom is 0.345 e. The van der Waals surface area contributed by atoms with Crippen LogP contribution >= 0.6 is 34.8 Å². The third-order valence-electron chi connectivity index (χ3n) is 4.04. The van der Waals surface area contributed by atoms with Gasteiger partial charge in [-0.25, -0.2) is 10.2 Å². The molecule has 6 nitrogen and oxygen atoms in total. The predicted octanol–water partition coefficient (Wildman–Crippen LogP) is 5.64. The number of esters is 1. The lowest BCUT2D eigenvalue weighted by Crippen LogP contribution is -2.17. The molecule has 0 aromatic heterocycles. The summed E-state index contributed by atoms with van der Waals surface area (Å²) in [6.45, 7) is 0. The lowest BCUT2D eigenvalue weighted by atomic mass is 10.2. The Hall–Kier alpha value is -3.06. The Labute approximate surface area is 193 Å². The first-order chi connectivity index (χ1) is 14.9. The molecule has 3 aromatic rings. The van der Waals surface area contributed by atoms with Crippen LogP contribution in [0.3, 0.4) is 0 Å². The van der Waals surface area contributed by atoms with Crippen LogP contribution in [-0.4, -0.2) is 25.2 Å². The number of benzene rings is 3. The largest absolute Gasteiger partial charge is 0.493 e. The monoisotopic (exact) mass is 476 g/mol. The zero-order valence-electron chi connectivity index (χ0n) is 16.1. The molecule has 0 atom stereocenters. The number of carbonyl (C=O) groups excluding carboxylic acids is 2. The number of hydrazone groups is 1. The number of methoxy groups -OCH3 is 1. The van der Waals surface area contributed by atoms with Crippen molar-refractivity contribution in [1.82, 2.24) is 5.43 Å². The molecule has 9 heteroatoms. The normalized spacial score (nSPS) is 10.7. The van der Waals surface area contributed by atoms with Crippen molar-refractivity contribution < 1.29 is 19.1 Å². The van der Waals surface area contributed by atoms with Gasteiger partial charge in [-0.2, -0.15) is 5.10 Å². The van der Waals surface area contributed by atoms with Crippen LogP contribution < -0.4 is 14.9 Å². The van der Waals surface area contributed by atoms with Crippen LogP contribution in [0, 0.1) is 0 Å². The summed E-state index contributed by atoms with van der Waals surface area (Å²) in [4.78, 5) is 24.5. The molecule has 3 aromatic carbocycles. The maximum absolute atomic E-state index is 12.4. The second-order valence-corrected chi connectivity index (χ2v) is 7.35. The second-order valence-electron chi connectivity index (χ2n) is 6.10. The number of nitrogens with one attached hydrogen (secondary N) is 1. The molecule has 158 valence electrons. The van der Waals surface area contributed by atoms with Crippen molar-refractivity contribution in [2.45, 2.75) is 0 Å². The molecular weight excluding hydrogens is 463 g/mol. The minimum absolute atomic E-state index is 0.168. The van der Waals surface area contributed by atoms with Gasteiger partial charge < -0.3 is 9.47 Å². The van der Waals surface area contributed by atoms with E-state index in [1.165, 1.54) is 37.6 Å². The molecule has 0 aliphatic heterocycles. The summed E-state index contributed by atoms with van der Waals surface area (Å²) >= 11 is 17.9. The van der Waals surface area contributed by atoms with Gasteiger partial charge in [0.05, 0.1) is 34.5 Å². The van der Waals surface area contributed by atoms with Crippen molar-refractivity contribution in [3.8, 4) is 11.5 Å². The standard InChI is InChI=1S/C22H15Cl3N2O4/c1-30-20-10-13(12-26-27-21(28)15-4-2-3-5-17(15)24)6-9-19(20)31-22(29)16-8-7-14(23)11-18(16)25/h2-12H,1H3,(H,27,28). The third kappa shape index (κ3) is 5.76. The average molecular weight is 478 g/mol. The van der Waals surface area contributed by atoms with E-state index in [9.17, 15) is 9.59 Å². The smallest absolute Gasteiger partial charge is 0.345 e. The minimum Gasteiger partial charge on any atom is -0.493 e. The Morgan fingerprint density at radius 3 is 2.39 bits per heavy atom. The lowest BCUT2D eigenvalue weighted by molar-refractivity contribution is 0.0729. The Balaban J connectivity index is 1.71. The summed E-state index contributed by atoms with van der Waals surface area (Å²) in [5.41, 5.74) is 3.47. The molecule has 0 unspecified atom stereocenters. The molecule has 0 fully saturated rings. The van der Waals surface area contributed by atoms with Crippen LogP contribution in [-0.2, 0) is 0 Å². The SMILES string of the molecule is COc1cc(C=NNC(=O)c2ccccc2Cl)ccc1OC(=O)c1ccc(Cl)cc1Cl. The van der Waals surface area contributed by atoms with Gasteiger partial charge in [-0.05, 0) is 54.1 Å². The first-order valence-electron chi connectivity index (χ1n) is 8.82. The highest BCUT2D eigenvalue weighted by Gasteiger charge is 2.16. The Morgan fingerprint density at radius 1 is 0.903 bits per heavy atom. The van der Waals surface area contributed by atoms with Crippen LogP contribution in [0.4, 0.5) is 0 Å². The number of nitrogens with zero attached hydrogens (tertiary/aromatic N) is 1. The summed E-state index contributed by atoms with van der Waals surface area (Å²) < 4.78 is 10.7. The first-order valence-corrected chi connectivity index (χ1v) is 9.95.